The molecule has 0 amide bonds. The summed E-state index contributed by atoms with van der Waals surface area (Å²) in [5.74, 6) is 0.502. The lowest BCUT2D eigenvalue weighted by Gasteiger charge is -2.30. The Kier molecular flexibility index (Phi) is 4.63. The molecule has 0 aliphatic rings. The SMILES string of the molecule is CCC(CC)(CCl)c1cc(Cl)nnc1Cl. The Hall–Kier alpha value is -0.0500. The van der Waals surface area contributed by atoms with Crippen molar-refractivity contribution in [1.82, 2.24) is 10.2 Å². The number of rotatable bonds is 4. The number of hydrogen-bond acceptors (Lipinski definition) is 2. The minimum absolute atomic E-state index is 0.155. The molecule has 1 rings (SSSR count). The van der Waals surface area contributed by atoms with E-state index in [4.69, 9.17) is 34.8 Å². The van der Waals surface area contributed by atoms with Crippen LogP contribution in [0.25, 0.3) is 0 Å². The second-order valence-electron chi connectivity index (χ2n) is 3.49. The molecule has 84 valence electrons. The highest BCUT2D eigenvalue weighted by atomic mass is 35.5. The number of halogens is 3. The summed E-state index contributed by atoms with van der Waals surface area (Å²) < 4.78 is 0. The van der Waals surface area contributed by atoms with Gasteiger partial charge in [-0.3, -0.25) is 0 Å². The second kappa shape index (κ2) is 5.33. The van der Waals surface area contributed by atoms with Crippen LogP contribution in [0.15, 0.2) is 6.07 Å². The van der Waals surface area contributed by atoms with E-state index in [9.17, 15) is 0 Å². The second-order valence-corrected chi connectivity index (χ2v) is 4.51. The molecule has 5 heteroatoms. The van der Waals surface area contributed by atoms with Gasteiger partial charge < -0.3 is 0 Å². The summed E-state index contributed by atoms with van der Waals surface area (Å²) in [6, 6.07) is 1.76. The van der Waals surface area contributed by atoms with Crippen LogP contribution < -0.4 is 0 Å². The Balaban J connectivity index is 3.27. The normalized spacial score (nSPS) is 11.8. The Morgan fingerprint density at radius 3 is 2.27 bits per heavy atom. The van der Waals surface area contributed by atoms with Crippen LogP contribution in [-0.4, -0.2) is 16.1 Å². The molecule has 0 saturated carbocycles. The van der Waals surface area contributed by atoms with Gasteiger partial charge in [-0.1, -0.05) is 37.0 Å². The zero-order chi connectivity index (χ0) is 11.5. The minimum Gasteiger partial charge on any atom is -0.137 e. The van der Waals surface area contributed by atoms with Crippen LogP contribution in [0, 0.1) is 0 Å². The standard InChI is InChI=1S/C10H13Cl3N2/c1-3-10(4-2,6-11)7-5-8(12)14-15-9(7)13/h5H,3-4,6H2,1-2H3. The van der Waals surface area contributed by atoms with E-state index in [1.165, 1.54) is 0 Å². The summed E-state index contributed by atoms with van der Waals surface area (Å²) in [6.07, 6.45) is 1.80. The summed E-state index contributed by atoms with van der Waals surface area (Å²) in [5.41, 5.74) is 0.738. The van der Waals surface area contributed by atoms with Gasteiger partial charge in [0.25, 0.3) is 0 Å². The third kappa shape index (κ3) is 2.55. The number of aromatic nitrogens is 2. The molecule has 0 atom stereocenters. The fourth-order valence-electron chi connectivity index (χ4n) is 1.62. The Morgan fingerprint density at radius 2 is 1.80 bits per heavy atom. The van der Waals surface area contributed by atoms with E-state index < -0.39 is 0 Å². The number of alkyl halides is 1. The first-order valence-electron chi connectivity index (χ1n) is 4.84. The molecule has 0 aliphatic carbocycles. The van der Waals surface area contributed by atoms with Gasteiger partial charge in [-0.15, -0.1) is 21.8 Å². The monoisotopic (exact) mass is 266 g/mol. The third-order valence-corrected chi connectivity index (χ3v) is 3.88. The Morgan fingerprint density at radius 1 is 1.20 bits per heavy atom. The molecule has 0 saturated heterocycles. The van der Waals surface area contributed by atoms with Gasteiger partial charge in [0.05, 0.1) is 0 Å². The van der Waals surface area contributed by atoms with Gasteiger partial charge in [-0.05, 0) is 18.9 Å². The highest BCUT2D eigenvalue weighted by Gasteiger charge is 2.30. The molecule has 0 bridgehead atoms. The van der Waals surface area contributed by atoms with Gasteiger partial charge in [0, 0.05) is 16.9 Å². The zero-order valence-electron chi connectivity index (χ0n) is 8.73. The Labute approximate surface area is 105 Å². The van der Waals surface area contributed by atoms with Crippen LogP contribution in [0.3, 0.4) is 0 Å². The van der Waals surface area contributed by atoms with Crippen molar-refractivity contribution in [1.29, 1.82) is 0 Å². The molecule has 0 unspecified atom stereocenters. The number of hydrogen-bond donors (Lipinski definition) is 0. The van der Waals surface area contributed by atoms with Crippen LogP contribution in [0.1, 0.15) is 32.3 Å². The molecular formula is C10H13Cl3N2. The molecule has 15 heavy (non-hydrogen) atoms. The average molecular weight is 268 g/mol. The van der Waals surface area contributed by atoms with Crippen LogP contribution in [0.2, 0.25) is 10.3 Å². The maximum absolute atomic E-state index is 6.03. The van der Waals surface area contributed by atoms with Gasteiger partial charge in [0.2, 0.25) is 0 Å². The highest BCUT2D eigenvalue weighted by Crippen LogP contribution is 2.36. The largest absolute Gasteiger partial charge is 0.155 e. The molecule has 1 heterocycles. The molecule has 0 aliphatic heterocycles. The minimum atomic E-state index is -0.155. The average Bonchev–Trinajstić information content (AvgIpc) is 2.26. The molecule has 1 aromatic rings. The maximum Gasteiger partial charge on any atom is 0.155 e. The first-order valence-corrected chi connectivity index (χ1v) is 6.14. The molecular weight excluding hydrogens is 254 g/mol. The predicted octanol–water partition coefficient (Wildman–Crippen LogP) is 4.08. The van der Waals surface area contributed by atoms with Gasteiger partial charge in [-0.2, -0.15) is 0 Å². The van der Waals surface area contributed by atoms with Crippen LogP contribution in [0.4, 0.5) is 0 Å². The molecule has 0 spiro atoms. The van der Waals surface area contributed by atoms with E-state index in [2.05, 4.69) is 24.0 Å². The lowest BCUT2D eigenvalue weighted by Crippen LogP contribution is -2.27. The molecule has 0 N–H and O–H groups in total. The van der Waals surface area contributed by atoms with E-state index in [1.54, 1.807) is 6.07 Å². The first-order chi connectivity index (χ1) is 7.09. The van der Waals surface area contributed by atoms with Crippen LogP contribution >= 0.6 is 34.8 Å². The molecule has 0 fully saturated rings. The van der Waals surface area contributed by atoms with E-state index in [0.717, 1.165) is 18.4 Å². The zero-order valence-corrected chi connectivity index (χ0v) is 11.0. The first kappa shape index (κ1) is 13.0. The third-order valence-electron chi connectivity index (χ3n) is 2.90. The van der Waals surface area contributed by atoms with Crippen molar-refractivity contribution in [3.05, 3.63) is 21.9 Å². The van der Waals surface area contributed by atoms with Gasteiger partial charge in [0.15, 0.2) is 10.3 Å². The van der Waals surface area contributed by atoms with Crippen molar-refractivity contribution in [3.8, 4) is 0 Å². The predicted molar refractivity (Wildman–Crippen MR) is 65.0 cm³/mol. The van der Waals surface area contributed by atoms with Gasteiger partial charge in [-0.25, -0.2) is 0 Å². The summed E-state index contributed by atoms with van der Waals surface area (Å²) in [7, 11) is 0. The van der Waals surface area contributed by atoms with Crippen molar-refractivity contribution in [3.63, 3.8) is 0 Å². The highest BCUT2D eigenvalue weighted by molar-refractivity contribution is 6.32. The molecule has 1 aromatic heterocycles. The lowest BCUT2D eigenvalue weighted by atomic mass is 9.78. The van der Waals surface area contributed by atoms with Crippen molar-refractivity contribution in [2.45, 2.75) is 32.1 Å². The van der Waals surface area contributed by atoms with E-state index in [-0.39, 0.29) is 5.41 Å². The van der Waals surface area contributed by atoms with Crippen LogP contribution in [-0.2, 0) is 5.41 Å². The van der Waals surface area contributed by atoms with Crippen molar-refractivity contribution in [2.24, 2.45) is 0 Å². The van der Waals surface area contributed by atoms with Crippen molar-refractivity contribution >= 4 is 34.8 Å². The molecule has 0 aromatic carbocycles. The summed E-state index contributed by atoms with van der Waals surface area (Å²) in [6.45, 7) is 4.16. The summed E-state index contributed by atoms with van der Waals surface area (Å²) in [4.78, 5) is 0. The van der Waals surface area contributed by atoms with Crippen molar-refractivity contribution < 1.29 is 0 Å². The van der Waals surface area contributed by atoms with E-state index in [0.29, 0.717) is 16.2 Å². The Bertz CT molecular complexity index is 329. The molecule has 2 nitrogen and oxygen atoms in total. The van der Waals surface area contributed by atoms with Crippen molar-refractivity contribution in [2.75, 3.05) is 5.88 Å². The fourth-order valence-corrected chi connectivity index (χ4v) is 2.58. The van der Waals surface area contributed by atoms with E-state index in [1.807, 2.05) is 0 Å². The quantitative estimate of drug-likeness (QED) is 0.768. The van der Waals surface area contributed by atoms with Gasteiger partial charge >= 0.3 is 0 Å². The number of nitrogens with zero attached hydrogens (tertiary/aromatic N) is 2. The summed E-state index contributed by atoms with van der Waals surface area (Å²) in [5, 5.41) is 8.25. The van der Waals surface area contributed by atoms with E-state index >= 15 is 0 Å². The fraction of sp³-hybridized carbons (Fsp3) is 0.600. The smallest absolute Gasteiger partial charge is 0.137 e. The van der Waals surface area contributed by atoms with Crippen LogP contribution in [0.5, 0.6) is 0 Å². The molecule has 0 radical (unpaired) electrons. The summed E-state index contributed by atoms with van der Waals surface area (Å²) >= 11 is 17.9. The lowest BCUT2D eigenvalue weighted by molar-refractivity contribution is 0.443. The topological polar surface area (TPSA) is 25.8 Å². The van der Waals surface area contributed by atoms with Gasteiger partial charge in [0.1, 0.15) is 0 Å². The maximum atomic E-state index is 6.03.